The first-order valence-corrected chi connectivity index (χ1v) is 11.3. The summed E-state index contributed by atoms with van der Waals surface area (Å²) in [6.07, 6.45) is -5.67. The minimum Gasteiger partial charge on any atom is -0.481 e. The second kappa shape index (κ2) is 12.4. The van der Waals surface area contributed by atoms with Gasteiger partial charge >= 0.3 is 12.1 Å². The Morgan fingerprint density at radius 2 is 1.73 bits per heavy atom. The number of halogens is 7. The van der Waals surface area contributed by atoms with Gasteiger partial charge in [-0.3, -0.25) is 24.1 Å². The summed E-state index contributed by atoms with van der Waals surface area (Å²) in [7, 11) is 0. The molecule has 2 aromatic rings. The standard InChI is InChI=1S/C23H20F7N3O7/c24-12-5-13(25)21(27)22(20(12)26)39-10-15(34)14(6-19(37)38)31-17(35)8-33-4-3-32(9-18(33)36)7-11-1-2-16(40-11)23(28,29)30/h1-2,5,14H,3-4,6-10H2,(H,31,35)(H,37,38)/t14-/m0/s1. The van der Waals surface area contributed by atoms with Gasteiger partial charge in [-0.15, -0.1) is 0 Å². The number of aliphatic carboxylic acids is 1. The molecule has 0 saturated carbocycles. The Bertz CT molecular complexity index is 1270. The van der Waals surface area contributed by atoms with E-state index in [1.807, 2.05) is 0 Å². The first-order chi connectivity index (χ1) is 18.6. The number of piperazine rings is 1. The molecular formula is C23H20F7N3O7. The summed E-state index contributed by atoms with van der Waals surface area (Å²) in [6.45, 7) is -2.23. The van der Waals surface area contributed by atoms with Crippen LogP contribution in [0.4, 0.5) is 30.7 Å². The molecule has 0 spiro atoms. The number of carbonyl (C=O) groups excluding carboxylic acids is 3. The normalized spacial score (nSPS) is 15.2. The van der Waals surface area contributed by atoms with Crippen LogP contribution in [0.5, 0.6) is 5.75 Å². The van der Waals surface area contributed by atoms with Crippen LogP contribution >= 0.6 is 0 Å². The van der Waals surface area contributed by atoms with Crippen LogP contribution in [0.2, 0.25) is 0 Å². The van der Waals surface area contributed by atoms with Crippen LogP contribution in [0.3, 0.4) is 0 Å². The van der Waals surface area contributed by atoms with Gasteiger partial charge in [-0.1, -0.05) is 0 Å². The molecule has 0 unspecified atom stereocenters. The number of carboxylic acid groups (broad SMARTS) is 1. The van der Waals surface area contributed by atoms with E-state index in [4.69, 9.17) is 9.52 Å². The largest absolute Gasteiger partial charge is 0.481 e. The summed E-state index contributed by atoms with van der Waals surface area (Å²) in [4.78, 5) is 51.0. The van der Waals surface area contributed by atoms with Crippen molar-refractivity contribution in [2.45, 2.75) is 25.2 Å². The predicted octanol–water partition coefficient (Wildman–Crippen LogP) is 2.11. The molecule has 0 bridgehead atoms. The molecule has 2 heterocycles. The van der Waals surface area contributed by atoms with Crippen molar-refractivity contribution < 1.29 is 64.2 Å². The van der Waals surface area contributed by atoms with Crippen molar-refractivity contribution in [1.29, 1.82) is 0 Å². The fourth-order valence-corrected chi connectivity index (χ4v) is 3.65. The Hall–Kier alpha value is -4.15. The number of carboxylic acids is 1. The summed E-state index contributed by atoms with van der Waals surface area (Å²) in [6, 6.07) is -0.0210. The quantitative estimate of drug-likeness (QED) is 0.304. The Balaban J connectivity index is 1.55. The van der Waals surface area contributed by atoms with Crippen LogP contribution in [0.25, 0.3) is 0 Å². The number of carbonyl (C=O) groups is 4. The Morgan fingerprint density at radius 1 is 1.07 bits per heavy atom. The lowest BCUT2D eigenvalue weighted by Crippen LogP contribution is -2.54. The smallest absolute Gasteiger partial charge is 0.449 e. The number of benzene rings is 1. The van der Waals surface area contributed by atoms with Crippen molar-refractivity contribution in [2.75, 3.05) is 32.8 Å². The van der Waals surface area contributed by atoms with Crippen molar-refractivity contribution in [2.24, 2.45) is 0 Å². The highest BCUT2D eigenvalue weighted by atomic mass is 19.4. The van der Waals surface area contributed by atoms with Crippen molar-refractivity contribution >= 4 is 23.6 Å². The SMILES string of the molecule is O=C(O)C[C@H](NC(=O)CN1CCN(Cc2ccc(C(F)(F)F)o2)CC1=O)C(=O)COc1c(F)c(F)cc(F)c1F. The predicted molar refractivity (Wildman–Crippen MR) is 117 cm³/mol. The second-order valence-electron chi connectivity index (χ2n) is 8.56. The van der Waals surface area contributed by atoms with Gasteiger partial charge in [-0.05, 0) is 12.1 Å². The average Bonchev–Trinajstić information content (AvgIpc) is 3.33. The molecule has 40 heavy (non-hydrogen) atoms. The molecule has 1 fully saturated rings. The number of ether oxygens (including phenoxy) is 1. The summed E-state index contributed by atoms with van der Waals surface area (Å²) in [5, 5.41) is 11.1. The number of ketones is 1. The molecular weight excluding hydrogens is 563 g/mol. The van der Waals surface area contributed by atoms with Gasteiger partial charge in [0.05, 0.1) is 26.1 Å². The summed E-state index contributed by atoms with van der Waals surface area (Å²) >= 11 is 0. The molecule has 1 aromatic carbocycles. The van der Waals surface area contributed by atoms with Gasteiger partial charge in [-0.25, -0.2) is 8.78 Å². The lowest BCUT2D eigenvalue weighted by atomic mass is 10.1. The van der Waals surface area contributed by atoms with Gasteiger partial charge in [0.15, 0.2) is 23.2 Å². The molecule has 1 saturated heterocycles. The highest BCUT2D eigenvalue weighted by molar-refractivity contribution is 5.94. The van der Waals surface area contributed by atoms with Gasteiger partial charge in [0.1, 0.15) is 18.4 Å². The molecule has 218 valence electrons. The van der Waals surface area contributed by atoms with E-state index in [9.17, 15) is 49.9 Å². The molecule has 2 amide bonds. The van der Waals surface area contributed by atoms with Crippen LogP contribution in [-0.2, 0) is 31.9 Å². The summed E-state index contributed by atoms with van der Waals surface area (Å²) < 4.78 is 101. The molecule has 17 heteroatoms. The lowest BCUT2D eigenvalue weighted by molar-refractivity contribution is -0.153. The zero-order valence-corrected chi connectivity index (χ0v) is 20.2. The number of Topliss-reactive ketones (excluding diaryl/α,β-unsaturated/α-hetero) is 1. The fourth-order valence-electron chi connectivity index (χ4n) is 3.65. The van der Waals surface area contributed by atoms with Crippen LogP contribution in [0.1, 0.15) is 17.9 Å². The van der Waals surface area contributed by atoms with Crippen LogP contribution < -0.4 is 10.1 Å². The number of hydrogen-bond donors (Lipinski definition) is 2. The molecule has 10 nitrogen and oxygen atoms in total. The van der Waals surface area contributed by atoms with E-state index in [2.05, 4.69) is 10.1 Å². The second-order valence-corrected chi connectivity index (χ2v) is 8.56. The number of rotatable bonds is 11. The number of alkyl halides is 3. The third-order valence-electron chi connectivity index (χ3n) is 5.59. The molecule has 0 radical (unpaired) electrons. The Kier molecular flexibility index (Phi) is 9.39. The van der Waals surface area contributed by atoms with Gasteiger partial charge < -0.3 is 24.5 Å². The average molecular weight is 583 g/mol. The van der Waals surface area contributed by atoms with Gasteiger partial charge in [0.2, 0.25) is 29.2 Å². The zero-order valence-electron chi connectivity index (χ0n) is 20.2. The summed E-state index contributed by atoms with van der Waals surface area (Å²) in [5.74, 6) is -14.7. The molecule has 2 N–H and O–H groups in total. The first-order valence-electron chi connectivity index (χ1n) is 11.3. The molecule has 1 aliphatic heterocycles. The number of hydrogen-bond acceptors (Lipinski definition) is 7. The molecule has 3 rings (SSSR count). The van der Waals surface area contributed by atoms with Gasteiger partial charge in [0, 0.05) is 19.2 Å². The van der Waals surface area contributed by atoms with Crippen LogP contribution in [0, 0.1) is 23.3 Å². The number of amides is 2. The fraction of sp³-hybridized carbons (Fsp3) is 0.391. The molecule has 0 aliphatic carbocycles. The van der Waals surface area contributed by atoms with E-state index in [-0.39, 0.29) is 38.0 Å². The van der Waals surface area contributed by atoms with E-state index in [0.29, 0.717) is 0 Å². The number of nitrogens with zero attached hydrogens (tertiary/aromatic N) is 2. The number of furan rings is 1. The van der Waals surface area contributed by atoms with Gasteiger partial charge in [-0.2, -0.15) is 22.0 Å². The number of nitrogens with one attached hydrogen (secondary N) is 1. The maximum absolute atomic E-state index is 13.7. The molecule has 1 atom stereocenters. The third kappa shape index (κ3) is 7.71. The Morgan fingerprint density at radius 3 is 2.27 bits per heavy atom. The lowest BCUT2D eigenvalue weighted by Gasteiger charge is -2.33. The monoisotopic (exact) mass is 583 g/mol. The molecule has 1 aliphatic rings. The highest BCUT2D eigenvalue weighted by Crippen LogP contribution is 2.31. The summed E-state index contributed by atoms with van der Waals surface area (Å²) in [5.41, 5.74) is 0. The third-order valence-corrected chi connectivity index (χ3v) is 5.59. The zero-order chi connectivity index (χ0) is 29.8. The van der Waals surface area contributed by atoms with Gasteiger partial charge in [0.25, 0.3) is 0 Å². The van der Waals surface area contributed by atoms with Crippen molar-refractivity contribution in [1.82, 2.24) is 15.1 Å². The maximum Gasteiger partial charge on any atom is 0.449 e. The topological polar surface area (TPSA) is 129 Å². The maximum atomic E-state index is 13.7. The van der Waals surface area contributed by atoms with E-state index in [1.165, 1.54) is 4.90 Å². The highest BCUT2D eigenvalue weighted by Gasteiger charge is 2.35. The minimum absolute atomic E-state index is 0.0377. The van der Waals surface area contributed by atoms with E-state index < -0.39 is 90.1 Å². The van der Waals surface area contributed by atoms with Crippen LogP contribution in [0.15, 0.2) is 22.6 Å². The van der Waals surface area contributed by atoms with E-state index in [1.54, 1.807) is 0 Å². The minimum atomic E-state index is -4.67. The Labute approximate surface area is 220 Å². The van der Waals surface area contributed by atoms with Crippen LogP contribution in [-0.4, -0.2) is 77.3 Å². The molecule has 1 aromatic heterocycles. The van der Waals surface area contributed by atoms with Crippen molar-refractivity contribution in [3.8, 4) is 5.75 Å². The van der Waals surface area contributed by atoms with E-state index in [0.717, 1.165) is 17.0 Å². The first kappa shape index (κ1) is 30.4. The van der Waals surface area contributed by atoms with Crippen molar-refractivity contribution in [3.63, 3.8) is 0 Å². The van der Waals surface area contributed by atoms with Crippen molar-refractivity contribution in [3.05, 3.63) is 53.0 Å². The van der Waals surface area contributed by atoms with E-state index >= 15 is 0 Å².